The molecule has 0 amide bonds. The van der Waals surface area contributed by atoms with Crippen LogP contribution in [0.15, 0.2) is 23.1 Å². The van der Waals surface area contributed by atoms with Gasteiger partial charge in [0.1, 0.15) is 17.9 Å². The number of rotatable bonds is 5. The maximum atomic E-state index is 11.9. The van der Waals surface area contributed by atoms with Crippen LogP contribution in [0.4, 0.5) is 0 Å². The first-order valence-electron chi connectivity index (χ1n) is 5.29. The molecular formula is C11H13NO7S. The van der Waals surface area contributed by atoms with Crippen LogP contribution in [0.3, 0.4) is 0 Å². The number of esters is 2. The fourth-order valence-electron chi connectivity index (χ4n) is 1.27. The SMILES string of the molecule is COC(=O)CNS(=O)(=O)c1ccc(O)c(C(=O)OC)c1. The Balaban J connectivity index is 3.07. The highest BCUT2D eigenvalue weighted by Crippen LogP contribution is 2.21. The van der Waals surface area contributed by atoms with Crippen molar-refractivity contribution >= 4 is 22.0 Å². The molecule has 1 aromatic rings. The summed E-state index contributed by atoms with van der Waals surface area (Å²) < 4.78 is 34.5. The van der Waals surface area contributed by atoms with Gasteiger partial charge in [-0.1, -0.05) is 0 Å². The molecular weight excluding hydrogens is 290 g/mol. The zero-order valence-corrected chi connectivity index (χ0v) is 11.6. The van der Waals surface area contributed by atoms with Gasteiger partial charge in [-0.2, -0.15) is 4.72 Å². The smallest absolute Gasteiger partial charge is 0.341 e. The lowest BCUT2D eigenvalue weighted by Crippen LogP contribution is -2.30. The average molecular weight is 303 g/mol. The summed E-state index contributed by atoms with van der Waals surface area (Å²) in [5, 5.41) is 9.47. The van der Waals surface area contributed by atoms with Crippen molar-refractivity contribution in [3.8, 4) is 5.75 Å². The van der Waals surface area contributed by atoms with E-state index in [0.717, 1.165) is 32.4 Å². The molecule has 0 fully saturated rings. The Kier molecular flexibility index (Phi) is 5.06. The summed E-state index contributed by atoms with van der Waals surface area (Å²) >= 11 is 0. The molecule has 20 heavy (non-hydrogen) atoms. The Bertz CT molecular complexity index is 624. The molecule has 8 nitrogen and oxygen atoms in total. The van der Waals surface area contributed by atoms with Crippen LogP contribution >= 0.6 is 0 Å². The van der Waals surface area contributed by atoms with Gasteiger partial charge in [-0.25, -0.2) is 13.2 Å². The zero-order valence-electron chi connectivity index (χ0n) is 10.7. The highest BCUT2D eigenvalue weighted by Gasteiger charge is 2.20. The number of benzene rings is 1. The number of ether oxygens (including phenoxy) is 2. The fraction of sp³-hybridized carbons (Fsp3) is 0.273. The van der Waals surface area contributed by atoms with Crippen molar-refractivity contribution in [2.75, 3.05) is 20.8 Å². The summed E-state index contributed by atoms with van der Waals surface area (Å²) in [6, 6.07) is 3.07. The molecule has 0 saturated heterocycles. The third-order valence-corrected chi connectivity index (χ3v) is 3.72. The van der Waals surface area contributed by atoms with Gasteiger partial charge in [0.15, 0.2) is 0 Å². The predicted molar refractivity (Wildman–Crippen MR) is 66.7 cm³/mol. The second-order valence-corrected chi connectivity index (χ2v) is 5.34. The van der Waals surface area contributed by atoms with E-state index in [1.807, 2.05) is 4.72 Å². The van der Waals surface area contributed by atoms with E-state index in [-0.39, 0.29) is 10.5 Å². The monoisotopic (exact) mass is 303 g/mol. The summed E-state index contributed by atoms with van der Waals surface area (Å²) in [7, 11) is -1.80. The molecule has 0 aromatic heterocycles. The standard InChI is InChI=1S/C11H13NO7S/c1-18-10(14)6-12-20(16,17)7-3-4-9(13)8(5-7)11(15)19-2/h3-5,12-13H,6H2,1-2H3. The Morgan fingerprint density at radius 1 is 1.25 bits per heavy atom. The number of phenols is 1. The van der Waals surface area contributed by atoms with E-state index in [1.165, 1.54) is 0 Å². The molecule has 0 aliphatic rings. The highest BCUT2D eigenvalue weighted by atomic mass is 32.2. The van der Waals surface area contributed by atoms with Crippen LogP contribution in [0.1, 0.15) is 10.4 Å². The maximum Gasteiger partial charge on any atom is 0.341 e. The summed E-state index contributed by atoms with van der Waals surface area (Å²) in [4.78, 5) is 22.0. The van der Waals surface area contributed by atoms with E-state index in [4.69, 9.17) is 0 Å². The molecule has 0 aliphatic carbocycles. The minimum atomic E-state index is -4.02. The second-order valence-electron chi connectivity index (χ2n) is 3.57. The largest absolute Gasteiger partial charge is 0.507 e. The average Bonchev–Trinajstić information content (AvgIpc) is 2.44. The number of aromatic hydroxyl groups is 1. The molecule has 1 aromatic carbocycles. The van der Waals surface area contributed by atoms with Crippen LogP contribution in [0.2, 0.25) is 0 Å². The van der Waals surface area contributed by atoms with Crippen LogP contribution < -0.4 is 4.72 Å². The van der Waals surface area contributed by atoms with Gasteiger partial charge in [-0.15, -0.1) is 0 Å². The van der Waals surface area contributed by atoms with Gasteiger partial charge in [0.05, 0.1) is 19.1 Å². The van der Waals surface area contributed by atoms with Crippen LogP contribution in [0.5, 0.6) is 5.75 Å². The van der Waals surface area contributed by atoms with Gasteiger partial charge in [-0.05, 0) is 18.2 Å². The fourth-order valence-corrected chi connectivity index (χ4v) is 2.26. The van der Waals surface area contributed by atoms with E-state index in [2.05, 4.69) is 9.47 Å². The van der Waals surface area contributed by atoms with E-state index in [0.29, 0.717) is 0 Å². The molecule has 0 spiro atoms. The lowest BCUT2D eigenvalue weighted by atomic mass is 10.2. The molecule has 0 unspecified atom stereocenters. The van der Waals surface area contributed by atoms with Gasteiger partial charge in [0.2, 0.25) is 10.0 Å². The van der Waals surface area contributed by atoms with Crippen molar-refractivity contribution in [3.05, 3.63) is 23.8 Å². The topological polar surface area (TPSA) is 119 Å². The summed E-state index contributed by atoms with van der Waals surface area (Å²) in [5.41, 5.74) is -0.298. The first-order chi connectivity index (χ1) is 9.31. The van der Waals surface area contributed by atoms with Gasteiger partial charge in [-0.3, -0.25) is 4.79 Å². The van der Waals surface area contributed by atoms with Crippen molar-refractivity contribution in [3.63, 3.8) is 0 Å². The number of phenolic OH excluding ortho intramolecular Hbond substituents is 1. The highest BCUT2D eigenvalue weighted by molar-refractivity contribution is 7.89. The van der Waals surface area contributed by atoms with Crippen molar-refractivity contribution in [1.29, 1.82) is 0 Å². The van der Waals surface area contributed by atoms with E-state index in [1.54, 1.807) is 0 Å². The third kappa shape index (κ3) is 3.68. The van der Waals surface area contributed by atoms with Gasteiger partial charge >= 0.3 is 11.9 Å². The molecule has 1 rings (SSSR count). The normalized spacial score (nSPS) is 10.9. The van der Waals surface area contributed by atoms with Gasteiger partial charge < -0.3 is 14.6 Å². The number of carbonyl (C=O) groups excluding carboxylic acids is 2. The zero-order chi connectivity index (χ0) is 15.3. The van der Waals surface area contributed by atoms with E-state index >= 15 is 0 Å². The van der Waals surface area contributed by atoms with Crippen molar-refractivity contribution in [1.82, 2.24) is 4.72 Å². The summed E-state index contributed by atoms with van der Waals surface area (Å²) in [6.07, 6.45) is 0. The maximum absolute atomic E-state index is 11.9. The Labute approximate surface area is 115 Å². The molecule has 0 bridgehead atoms. The molecule has 110 valence electrons. The van der Waals surface area contributed by atoms with Crippen molar-refractivity contribution < 1.29 is 32.6 Å². The van der Waals surface area contributed by atoms with Crippen LogP contribution in [0.25, 0.3) is 0 Å². The second kappa shape index (κ2) is 6.35. The van der Waals surface area contributed by atoms with Gasteiger partial charge in [0.25, 0.3) is 0 Å². The number of methoxy groups -OCH3 is 2. The quantitative estimate of drug-likeness (QED) is 0.712. The van der Waals surface area contributed by atoms with Crippen molar-refractivity contribution in [2.24, 2.45) is 0 Å². The summed E-state index contributed by atoms with van der Waals surface area (Å²) in [6.45, 7) is -0.548. The Morgan fingerprint density at radius 2 is 1.90 bits per heavy atom. The minimum absolute atomic E-state index is 0.292. The molecule has 2 N–H and O–H groups in total. The van der Waals surface area contributed by atoms with Crippen LogP contribution in [-0.2, 0) is 24.3 Å². The lowest BCUT2D eigenvalue weighted by molar-refractivity contribution is -0.139. The number of carbonyl (C=O) groups is 2. The number of hydrogen-bond donors (Lipinski definition) is 2. The summed E-state index contributed by atoms with van der Waals surface area (Å²) in [5.74, 6) is -2.06. The van der Waals surface area contributed by atoms with Gasteiger partial charge in [0, 0.05) is 0 Å². The number of nitrogens with one attached hydrogen (secondary N) is 1. The minimum Gasteiger partial charge on any atom is -0.507 e. The van der Waals surface area contributed by atoms with Crippen LogP contribution in [0, 0.1) is 0 Å². The Hall–Kier alpha value is -2.13. The number of sulfonamides is 1. The molecule has 0 heterocycles. The molecule has 0 atom stereocenters. The molecule has 0 saturated carbocycles. The van der Waals surface area contributed by atoms with E-state index < -0.39 is 34.3 Å². The first kappa shape index (κ1) is 15.9. The lowest BCUT2D eigenvalue weighted by Gasteiger charge is -2.08. The molecule has 0 aliphatic heterocycles. The Morgan fingerprint density at radius 3 is 2.45 bits per heavy atom. The first-order valence-corrected chi connectivity index (χ1v) is 6.78. The van der Waals surface area contributed by atoms with E-state index in [9.17, 15) is 23.1 Å². The third-order valence-electron chi connectivity index (χ3n) is 2.32. The van der Waals surface area contributed by atoms with Crippen molar-refractivity contribution in [2.45, 2.75) is 4.90 Å². The molecule has 9 heteroatoms. The van der Waals surface area contributed by atoms with Crippen LogP contribution in [-0.4, -0.2) is 46.2 Å². The molecule has 0 radical (unpaired) electrons. The predicted octanol–water partition coefficient (Wildman–Crippen LogP) is -0.370. The number of hydrogen-bond acceptors (Lipinski definition) is 7.